The van der Waals surface area contributed by atoms with Gasteiger partial charge in [-0.2, -0.15) is 9.67 Å². The van der Waals surface area contributed by atoms with Crippen LogP contribution in [-0.2, 0) is 11.3 Å². The van der Waals surface area contributed by atoms with E-state index >= 15 is 0 Å². The zero-order valence-electron chi connectivity index (χ0n) is 14.7. The van der Waals surface area contributed by atoms with Gasteiger partial charge in [0.05, 0.1) is 23.9 Å². The molecule has 0 aliphatic carbocycles. The van der Waals surface area contributed by atoms with Crippen molar-refractivity contribution in [2.24, 2.45) is 0 Å². The normalized spacial score (nSPS) is 10.6. The van der Waals surface area contributed by atoms with Gasteiger partial charge in [0.1, 0.15) is 12.1 Å². The molecule has 140 valence electrons. The standard InChI is InChI=1S/C18H14N6O4/c1-26-15-9-5-3-7-13(15)17-20-16(28-21-17)10-27-18(25)12-6-2-4-8-14(12)24-11-19-22-23-24/h2-9,11H,10H2,1H3. The SMILES string of the molecule is COc1ccccc1-c1noc(COC(=O)c2ccccc2-n2cnnn2)n1. The van der Waals surface area contributed by atoms with E-state index in [-0.39, 0.29) is 12.5 Å². The highest BCUT2D eigenvalue weighted by atomic mass is 16.6. The minimum atomic E-state index is -0.567. The number of methoxy groups -OCH3 is 1. The third kappa shape index (κ3) is 3.43. The summed E-state index contributed by atoms with van der Waals surface area (Å²) in [5.74, 6) is 0.553. The number of esters is 1. The number of nitrogens with zero attached hydrogens (tertiary/aromatic N) is 6. The van der Waals surface area contributed by atoms with Crippen molar-refractivity contribution in [2.45, 2.75) is 6.61 Å². The minimum Gasteiger partial charge on any atom is -0.496 e. The Kier molecular flexibility index (Phi) is 4.74. The number of benzene rings is 2. The van der Waals surface area contributed by atoms with Gasteiger partial charge in [-0.3, -0.25) is 0 Å². The van der Waals surface area contributed by atoms with Crippen molar-refractivity contribution >= 4 is 5.97 Å². The molecular weight excluding hydrogens is 364 g/mol. The largest absolute Gasteiger partial charge is 0.496 e. The van der Waals surface area contributed by atoms with Crippen molar-refractivity contribution in [3.05, 3.63) is 66.3 Å². The first kappa shape index (κ1) is 17.3. The molecule has 0 radical (unpaired) electrons. The average molecular weight is 378 g/mol. The minimum absolute atomic E-state index is 0.161. The lowest BCUT2D eigenvalue weighted by molar-refractivity contribution is 0.0429. The van der Waals surface area contributed by atoms with Crippen LogP contribution in [0.1, 0.15) is 16.2 Å². The Labute approximate surface area is 158 Å². The molecule has 2 aromatic carbocycles. The number of para-hydroxylation sites is 2. The number of rotatable bonds is 6. The first-order valence-corrected chi connectivity index (χ1v) is 8.22. The number of hydrogen-bond donors (Lipinski definition) is 0. The summed E-state index contributed by atoms with van der Waals surface area (Å²) in [6.07, 6.45) is 1.39. The molecule has 10 nitrogen and oxygen atoms in total. The van der Waals surface area contributed by atoms with Crippen molar-refractivity contribution in [1.29, 1.82) is 0 Å². The first-order chi connectivity index (χ1) is 13.8. The predicted octanol–water partition coefficient (Wildman–Crippen LogP) is 2.08. The highest BCUT2D eigenvalue weighted by Crippen LogP contribution is 2.27. The summed E-state index contributed by atoms with van der Waals surface area (Å²) in [6.45, 7) is -0.176. The summed E-state index contributed by atoms with van der Waals surface area (Å²) in [4.78, 5) is 16.8. The van der Waals surface area contributed by atoms with Gasteiger partial charge >= 0.3 is 5.97 Å². The molecule has 0 fully saturated rings. The quantitative estimate of drug-likeness (QED) is 0.465. The van der Waals surface area contributed by atoms with Gasteiger partial charge < -0.3 is 14.0 Å². The maximum absolute atomic E-state index is 12.5. The molecule has 0 atom stereocenters. The van der Waals surface area contributed by atoms with Crippen LogP contribution in [0.5, 0.6) is 5.75 Å². The zero-order valence-corrected chi connectivity index (χ0v) is 14.7. The van der Waals surface area contributed by atoms with Gasteiger partial charge in [-0.05, 0) is 34.7 Å². The number of ether oxygens (including phenoxy) is 2. The monoisotopic (exact) mass is 378 g/mol. The van der Waals surface area contributed by atoms with E-state index in [1.807, 2.05) is 18.2 Å². The van der Waals surface area contributed by atoms with E-state index in [0.717, 1.165) is 0 Å². The molecule has 2 heterocycles. The summed E-state index contributed by atoms with van der Waals surface area (Å²) in [5, 5.41) is 14.9. The number of tetrazole rings is 1. The maximum Gasteiger partial charge on any atom is 0.340 e. The van der Waals surface area contributed by atoms with Gasteiger partial charge in [0.2, 0.25) is 5.82 Å². The highest BCUT2D eigenvalue weighted by Gasteiger charge is 2.17. The smallest absolute Gasteiger partial charge is 0.340 e. The van der Waals surface area contributed by atoms with Crippen LogP contribution in [0.3, 0.4) is 0 Å². The van der Waals surface area contributed by atoms with Crippen LogP contribution in [0.25, 0.3) is 17.1 Å². The Balaban J connectivity index is 1.49. The van der Waals surface area contributed by atoms with Crippen molar-refractivity contribution in [3.8, 4) is 22.8 Å². The van der Waals surface area contributed by atoms with Gasteiger partial charge in [-0.25, -0.2) is 4.79 Å². The van der Waals surface area contributed by atoms with Gasteiger partial charge in [0.25, 0.3) is 5.89 Å². The van der Waals surface area contributed by atoms with Crippen LogP contribution in [-0.4, -0.2) is 43.4 Å². The van der Waals surface area contributed by atoms with Gasteiger partial charge in [-0.15, -0.1) is 5.10 Å². The lowest BCUT2D eigenvalue weighted by Crippen LogP contribution is -2.10. The molecule has 0 unspecified atom stereocenters. The third-order valence-electron chi connectivity index (χ3n) is 3.86. The fourth-order valence-corrected chi connectivity index (χ4v) is 2.57. The van der Waals surface area contributed by atoms with Crippen LogP contribution >= 0.6 is 0 Å². The van der Waals surface area contributed by atoms with Crippen LogP contribution in [0.4, 0.5) is 0 Å². The molecule has 0 spiro atoms. The van der Waals surface area contributed by atoms with E-state index in [2.05, 4.69) is 25.7 Å². The van der Waals surface area contributed by atoms with Crippen molar-refractivity contribution in [1.82, 2.24) is 30.3 Å². The average Bonchev–Trinajstić information content (AvgIpc) is 3.44. The fourth-order valence-electron chi connectivity index (χ4n) is 2.57. The molecule has 10 heteroatoms. The number of hydrogen-bond acceptors (Lipinski definition) is 9. The topological polar surface area (TPSA) is 118 Å². The van der Waals surface area contributed by atoms with E-state index in [4.69, 9.17) is 14.0 Å². The molecule has 0 N–H and O–H groups in total. The Hall–Kier alpha value is -4.08. The molecule has 0 aliphatic heterocycles. The number of carbonyl (C=O) groups excluding carboxylic acids is 1. The lowest BCUT2D eigenvalue weighted by atomic mass is 10.2. The second-order valence-corrected chi connectivity index (χ2v) is 5.56. The molecule has 0 aliphatic rings. The Bertz CT molecular complexity index is 1090. The molecule has 0 saturated carbocycles. The van der Waals surface area contributed by atoms with Crippen LogP contribution in [0.2, 0.25) is 0 Å². The second kappa shape index (κ2) is 7.66. The van der Waals surface area contributed by atoms with E-state index in [1.165, 1.54) is 11.0 Å². The number of carbonyl (C=O) groups is 1. The fraction of sp³-hybridized carbons (Fsp3) is 0.111. The summed E-state index contributed by atoms with van der Waals surface area (Å²) >= 11 is 0. The maximum atomic E-state index is 12.5. The Morgan fingerprint density at radius 2 is 1.96 bits per heavy atom. The summed E-state index contributed by atoms with van der Waals surface area (Å²) < 4.78 is 17.2. The van der Waals surface area contributed by atoms with Crippen LogP contribution in [0, 0.1) is 0 Å². The molecule has 0 amide bonds. The van der Waals surface area contributed by atoms with E-state index in [1.54, 1.807) is 37.4 Å². The molecular formula is C18H14N6O4. The van der Waals surface area contributed by atoms with Gasteiger partial charge in [-0.1, -0.05) is 29.4 Å². The second-order valence-electron chi connectivity index (χ2n) is 5.56. The molecule has 4 rings (SSSR count). The lowest BCUT2D eigenvalue weighted by Gasteiger charge is -2.07. The molecule has 2 aromatic heterocycles. The first-order valence-electron chi connectivity index (χ1n) is 8.22. The van der Waals surface area contributed by atoms with Crippen LogP contribution < -0.4 is 4.74 Å². The van der Waals surface area contributed by atoms with Gasteiger partial charge in [0.15, 0.2) is 6.61 Å². The Morgan fingerprint density at radius 3 is 2.79 bits per heavy atom. The third-order valence-corrected chi connectivity index (χ3v) is 3.86. The summed E-state index contributed by atoms with van der Waals surface area (Å²) in [5.41, 5.74) is 1.48. The van der Waals surface area contributed by atoms with Crippen molar-refractivity contribution in [3.63, 3.8) is 0 Å². The molecule has 0 bridgehead atoms. The van der Waals surface area contributed by atoms with Gasteiger partial charge in [0, 0.05) is 0 Å². The highest BCUT2D eigenvalue weighted by molar-refractivity contribution is 5.93. The molecule has 4 aromatic rings. The number of aromatic nitrogens is 6. The Morgan fingerprint density at radius 1 is 1.14 bits per heavy atom. The molecule has 28 heavy (non-hydrogen) atoms. The van der Waals surface area contributed by atoms with Crippen LogP contribution in [0.15, 0.2) is 59.4 Å². The van der Waals surface area contributed by atoms with E-state index in [0.29, 0.717) is 28.4 Å². The zero-order chi connectivity index (χ0) is 19.3. The summed E-state index contributed by atoms with van der Waals surface area (Å²) in [7, 11) is 1.56. The van der Waals surface area contributed by atoms with E-state index in [9.17, 15) is 4.79 Å². The van der Waals surface area contributed by atoms with Crippen molar-refractivity contribution in [2.75, 3.05) is 7.11 Å². The van der Waals surface area contributed by atoms with E-state index < -0.39 is 5.97 Å². The summed E-state index contributed by atoms with van der Waals surface area (Å²) in [6, 6.07) is 14.1. The van der Waals surface area contributed by atoms with Crippen molar-refractivity contribution < 1.29 is 18.8 Å². The molecule has 0 saturated heterocycles. The predicted molar refractivity (Wildman–Crippen MR) is 94.6 cm³/mol.